The van der Waals surface area contributed by atoms with Gasteiger partial charge in [0.05, 0.1) is 0 Å². The van der Waals surface area contributed by atoms with Gasteiger partial charge in [0.15, 0.2) is 0 Å². The second kappa shape index (κ2) is 5.86. The summed E-state index contributed by atoms with van der Waals surface area (Å²) in [6, 6.07) is -0.630. The highest BCUT2D eigenvalue weighted by Gasteiger charge is 2.51. The first kappa shape index (κ1) is 15.2. The van der Waals surface area contributed by atoms with E-state index in [-0.39, 0.29) is 12.6 Å². The topological polar surface area (TPSA) is 32.3 Å². The van der Waals surface area contributed by atoms with Gasteiger partial charge < -0.3 is 10.2 Å². The minimum absolute atomic E-state index is 0.0405. The van der Waals surface area contributed by atoms with Gasteiger partial charge >= 0.3 is 12.3 Å². The number of hydrogen-bond donors (Lipinski definition) is 1. The van der Waals surface area contributed by atoms with E-state index in [4.69, 9.17) is 0 Å². The summed E-state index contributed by atoms with van der Waals surface area (Å²) in [5, 5.41) is 3.05. The Morgan fingerprint density at radius 1 is 1.44 bits per heavy atom. The fourth-order valence-corrected chi connectivity index (χ4v) is 1.96. The molecule has 1 fully saturated rings. The van der Waals surface area contributed by atoms with Gasteiger partial charge in [-0.2, -0.15) is 8.78 Å². The largest absolute Gasteiger partial charge is 0.383 e. The lowest BCUT2D eigenvalue weighted by Crippen LogP contribution is -2.53. The predicted molar refractivity (Wildman–Crippen MR) is 58.8 cm³/mol. The number of rotatable bonds is 5. The maximum atomic E-state index is 13.1. The minimum atomic E-state index is -4.61. The zero-order valence-electron chi connectivity index (χ0n) is 10.4. The van der Waals surface area contributed by atoms with E-state index in [1.807, 2.05) is 0 Å². The predicted octanol–water partition coefficient (Wildman–Crippen LogP) is 1.88. The van der Waals surface area contributed by atoms with Gasteiger partial charge in [0.1, 0.15) is 0 Å². The third-order valence-electron chi connectivity index (χ3n) is 3.02. The number of nitrogens with one attached hydrogen (secondary N) is 1. The van der Waals surface area contributed by atoms with Gasteiger partial charge in [0, 0.05) is 18.6 Å². The maximum absolute atomic E-state index is 13.1. The van der Waals surface area contributed by atoms with Crippen molar-refractivity contribution < 1.29 is 22.4 Å². The summed E-state index contributed by atoms with van der Waals surface area (Å²) in [7, 11) is 0. The molecule has 0 aromatic heterocycles. The van der Waals surface area contributed by atoms with Crippen molar-refractivity contribution in [1.29, 1.82) is 0 Å². The van der Waals surface area contributed by atoms with Crippen LogP contribution in [0, 0.1) is 0 Å². The van der Waals surface area contributed by atoms with Crippen molar-refractivity contribution in [2.45, 2.75) is 51.1 Å². The third kappa shape index (κ3) is 3.34. The number of alkyl halides is 4. The smallest absolute Gasteiger partial charge is 0.333 e. The van der Waals surface area contributed by atoms with Gasteiger partial charge in [-0.1, -0.05) is 0 Å². The van der Waals surface area contributed by atoms with Gasteiger partial charge in [-0.05, 0) is 33.2 Å². The average Bonchev–Trinajstić information content (AvgIpc) is 2.76. The van der Waals surface area contributed by atoms with Gasteiger partial charge in [-0.3, -0.25) is 4.79 Å². The molecule has 0 saturated carbocycles. The number of carbonyl (C=O) groups is 1. The van der Waals surface area contributed by atoms with Crippen molar-refractivity contribution in [3.63, 3.8) is 0 Å². The Morgan fingerprint density at radius 2 is 2.06 bits per heavy atom. The lowest BCUT2D eigenvalue weighted by Gasteiger charge is -2.32. The molecule has 3 nitrogen and oxygen atoms in total. The van der Waals surface area contributed by atoms with E-state index in [1.165, 1.54) is 13.8 Å². The van der Waals surface area contributed by atoms with Gasteiger partial charge in [-0.15, -0.1) is 0 Å². The van der Waals surface area contributed by atoms with Crippen LogP contribution in [0.3, 0.4) is 0 Å². The van der Waals surface area contributed by atoms with Crippen molar-refractivity contribution in [3.05, 3.63) is 0 Å². The molecule has 0 spiro atoms. The molecular formula is C11H18F4N2O. The number of halogens is 4. The van der Waals surface area contributed by atoms with Crippen LogP contribution in [0.1, 0.15) is 26.7 Å². The molecule has 1 aliphatic rings. The molecule has 18 heavy (non-hydrogen) atoms. The van der Waals surface area contributed by atoms with Crippen LogP contribution in [-0.2, 0) is 4.79 Å². The van der Waals surface area contributed by atoms with E-state index in [9.17, 15) is 22.4 Å². The van der Waals surface area contributed by atoms with E-state index in [1.54, 1.807) is 0 Å². The molecule has 1 atom stereocenters. The Bertz CT molecular complexity index is 291. The molecule has 0 aromatic carbocycles. The first-order valence-corrected chi connectivity index (χ1v) is 5.97. The standard InChI is InChI=1S/C11H18F4N2O/c1-7(2)17(6-8-4-3-5-16-8)10(18)11(14,15)9(12)13/h7-9,16H,3-6H2,1-2H3. The van der Waals surface area contributed by atoms with Crippen LogP contribution in [0.4, 0.5) is 17.6 Å². The zero-order chi connectivity index (χ0) is 13.9. The Hall–Kier alpha value is -0.850. The van der Waals surface area contributed by atoms with Crippen LogP contribution in [-0.4, -0.2) is 48.3 Å². The second-order valence-electron chi connectivity index (χ2n) is 4.77. The Labute approximate surface area is 104 Å². The average molecular weight is 270 g/mol. The van der Waals surface area contributed by atoms with Crippen molar-refractivity contribution in [2.75, 3.05) is 13.1 Å². The summed E-state index contributed by atoms with van der Waals surface area (Å²) in [4.78, 5) is 12.3. The highest BCUT2D eigenvalue weighted by atomic mass is 19.3. The summed E-state index contributed by atoms with van der Waals surface area (Å²) >= 11 is 0. The summed E-state index contributed by atoms with van der Waals surface area (Å²) in [6.45, 7) is 3.87. The molecule has 1 saturated heterocycles. The molecule has 1 heterocycles. The summed E-state index contributed by atoms with van der Waals surface area (Å²) in [5.41, 5.74) is 0. The van der Waals surface area contributed by atoms with Gasteiger partial charge in [0.2, 0.25) is 0 Å². The Balaban J connectivity index is 2.74. The van der Waals surface area contributed by atoms with Crippen LogP contribution in [0.5, 0.6) is 0 Å². The normalized spacial score (nSPS) is 20.8. The second-order valence-corrected chi connectivity index (χ2v) is 4.77. The van der Waals surface area contributed by atoms with E-state index >= 15 is 0 Å². The van der Waals surface area contributed by atoms with Crippen molar-refractivity contribution in [2.24, 2.45) is 0 Å². The summed E-state index contributed by atoms with van der Waals surface area (Å²) in [5.74, 6) is -6.40. The molecule has 0 aromatic rings. The molecule has 0 aliphatic carbocycles. The Kier molecular flexibility index (Phi) is 4.95. The molecule has 106 valence electrons. The molecule has 0 bridgehead atoms. The number of nitrogens with zero attached hydrogens (tertiary/aromatic N) is 1. The molecular weight excluding hydrogens is 252 g/mol. The monoisotopic (exact) mass is 270 g/mol. The zero-order valence-corrected chi connectivity index (χ0v) is 10.4. The van der Waals surface area contributed by atoms with Crippen LogP contribution in [0.25, 0.3) is 0 Å². The van der Waals surface area contributed by atoms with E-state index < -0.39 is 24.3 Å². The van der Waals surface area contributed by atoms with E-state index in [0.29, 0.717) is 0 Å². The molecule has 1 N–H and O–H groups in total. The van der Waals surface area contributed by atoms with E-state index in [2.05, 4.69) is 5.32 Å². The van der Waals surface area contributed by atoms with Crippen LogP contribution >= 0.6 is 0 Å². The fourth-order valence-electron chi connectivity index (χ4n) is 1.96. The summed E-state index contributed by atoms with van der Waals surface area (Å²) < 4.78 is 50.5. The number of hydrogen-bond acceptors (Lipinski definition) is 2. The SMILES string of the molecule is CC(C)N(CC1CCCN1)C(=O)C(F)(F)C(F)F. The third-order valence-corrected chi connectivity index (χ3v) is 3.02. The summed E-state index contributed by atoms with van der Waals surface area (Å²) in [6.07, 6.45) is -2.31. The highest BCUT2D eigenvalue weighted by molar-refractivity contribution is 5.84. The lowest BCUT2D eigenvalue weighted by molar-refractivity contribution is -0.182. The van der Waals surface area contributed by atoms with Crippen LogP contribution in [0.15, 0.2) is 0 Å². The first-order chi connectivity index (χ1) is 8.26. The molecule has 0 radical (unpaired) electrons. The van der Waals surface area contributed by atoms with Crippen molar-refractivity contribution in [1.82, 2.24) is 10.2 Å². The van der Waals surface area contributed by atoms with Crippen molar-refractivity contribution >= 4 is 5.91 Å². The van der Waals surface area contributed by atoms with Crippen molar-refractivity contribution in [3.8, 4) is 0 Å². The number of amides is 1. The molecule has 1 rings (SSSR count). The minimum Gasteiger partial charge on any atom is -0.333 e. The maximum Gasteiger partial charge on any atom is 0.383 e. The number of carbonyl (C=O) groups excluding carboxylic acids is 1. The fraction of sp³-hybridized carbons (Fsp3) is 0.909. The lowest BCUT2D eigenvalue weighted by atomic mass is 10.1. The highest BCUT2D eigenvalue weighted by Crippen LogP contribution is 2.26. The molecule has 1 amide bonds. The Morgan fingerprint density at radius 3 is 2.44 bits per heavy atom. The quantitative estimate of drug-likeness (QED) is 0.774. The van der Waals surface area contributed by atoms with E-state index in [0.717, 1.165) is 24.3 Å². The molecule has 1 unspecified atom stereocenters. The molecule has 1 aliphatic heterocycles. The van der Waals surface area contributed by atoms with Crippen LogP contribution < -0.4 is 5.32 Å². The first-order valence-electron chi connectivity index (χ1n) is 5.97. The van der Waals surface area contributed by atoms with Gasteiger partial charge in [0.25, 0.3) is 5.91 Å². The van der Waals surface area contributed by atoms with Gasteiger partial charge in [-0.25, -0.2) is 8.78 Å². The van der Waals surface area contributed by atoms with Crippen LogP contribution in [0.2, 0.25) is 0 Å². The molecule has 7 heteroatoms.